The van der Waals surface area contributed by atoms with Crippen molar-refractivity contribution in [2.75, 3.05) is 19.8 Å². The van der Waals surface area contributed by atoms with Crippen LogP contribution in [0.2, 0.25) is 0 Å². The van der Waals surface area contributed by atoms with Crippen LogP contribution in [0.3, 0.4) is 0 Å². The first-order valence-electron chi connectivity index (χ1n) is 13.7. The number of epoxide rings is 1. The summed E-state index contributed by atoms with van der Waals surface area (Å²) in [6.45, 7) is 2.14. The molecule has 3 aliphatic rings. The SMILES string of the molecule is c1ccc2c(c1)-c1ccc3ccccc3c1C2(c1ccc(OCC2CO2)cc1)c1ccc(OC2CCO2)cc1. The number of hydrogen-bond donors (Lipinski definition) is 0. The van der Waals surface area contributed by atoms with Gasteiger partial charge in [-0.2, -0.15) is 0 Å². The highest BCUT2D eigenvalue weighted by Gasteiger charge is 2.47. The van der Waals surface area contributed by atoms with Crippen LogP contribution < -0.4 is 9.47 Å². The first kappa shape index (κ1) is 22.8. The number of ether oxygens (including phenoxy) is 4. The second kappa shape index (κ2) is 8.98. The predicted molar refractivity (Wildman–Crippen MR) is 151 cm³/mol. The Labute approximate surface area is 227 Å². The maximum absolute atomic E-state index is 6.03. The van der Waals surface area contributed by atoms with E-state index >= 15 is 0 Å². The van der Waals surface area contributed by atoms with Crippen LogP contribution in [0.4, 0.5) is 0 Å². The van der Waals surface area contributed by atoms with Gasteiger partial charge < -0.3 is 18.9 Å². The minimum Gasteiger partial charge on any atom is -0.491 e. The summed E-state index contributed by atoms with van der Waals surface area (Å²) in [6, 6.07) is 39.3. The lowest BCUT2D eigenvalue weighted by Crippen LogP contribution is -2.32. The Hall–Kier alpha value is -4.12. The third-order valence-electron chi connectivity index (χ3n) is 8.26. The van der Waals surface area contributed by atoms with E-state index in [1.54, 1.807) is 0 Å². The van der Waals surface area contributed by atoms with Gasteiger partial charge in [-0.15, -0.1) is 0 Å². The lowest BCUT2D eigenvalue weighted by Gasteiger charge is -2.35. The summed E-state index contributed by atoms with van der Waals surface area (Å²) in [5.74, 6) is 1.69. The summed E-state index contributed by atoms with van der Waals surface area (Å²) in [5, 5.41) is 2.50. The molecule has 0 radical (unpaired) electrons. The Morgan fingerprint density at radius 2 is 1.38 bits per heavy atom. The first-order chi connectivity index (χ1) is 19.3. The van der Waals surface area contributed by atoms with Gasteiger partial charge in [0.25, 0.3) is 0 Å². The molecule has 0 saturated carbocycles. The Bertz CT molecular complexity index is 1670. The van der Waals surface area contributed by atoms with Crippen LogP contribution in [0.1, 0.15) is 28.7 Å². The Morgan fingerprint density at radius 3 is 2.10 bits per heavy atom. The molecule has 3 unspecified atom stereocenters. The summed E-state index contributed by atoms with van der Waals surface area (Å²) < 4.78 is 22.9. The molecule has 192 valence electrons. The van der Waals surface area contributed by atoms with Gasteiger partial charge in [0, 0.05) is 6.42 Å². The van der Waals surface area contributed by atoms with Crippen molar-refractivity contribution < 1.29 is 18.9 Å². The molecule has 2 aliphatic heterocycles. The van der Waals surface area contributed by atoms with Crippen LogP contribution in [0.25, 0.3) is 21.9 Å². The van der Waals surface area contributed by atoms with Gasteiger partial charge in [0.05, 0.1) is 18.6 Å². The molecule has 2 heterocycles. The number of fused-ring (bicyclic) bond motifs is 5. The van der Waals surface area contributed by atoms with E-state index in [0.717, 1.165) is 31.1 Å². The van der Waals surface area contributed by atoms with Crippen LogP contribution in [0.15, 0.2) is 109 Å². The van der Waals surface area contributed by atoms with Crippen LogP contribution >= 0.6 is 0 Å². The highest BCUT2D eigenvalue weighted by molar-refractivity contribution is 6.00. The Morgan fingerprint density at radius 1 is 0.692 bits per heavy atom. The van der Waals surface area contributed by atoms with E-state index in [2.05, 4.69) is 109 Å². The zero-order chi connectivity index (χ0) is 25.8. The van der Waals surface area contributed by atoms with Crippen LogP contribution in [0, 0.1) is 0 Å². The fourth-order valence-corrected chi connectivity index (χ4v) is 6.24. The summed E-state index contributed by atoms with van der Waals surface area (Å²) in [6.07, 6.45) is 1.01. The van der Waals surface area contributed by atoms with Gasteiger partial charge in [-0.05, 0) is 68.4 Å². The van der Waals surface area contributed by atoms with Gasteiger partial charge in [-0.1, -0.05) is 84.9 Å². The van der Waals surface area contributed by atoms with Crippen LogP contribution in [-0.4, -0.2) is 32.2 Å². The van der Waals surface area contributed by atoms with Crippen LogP contribution in [0.5, 0.6) is 11.5 Å². The molecule has 2 fully saturated rings. The summed E-state index contributed by atoms with van der Waals surface area (Å²) in [5.41, 5.74) is 7.05. The molecule has 4 nitrogen and oxygen atoms in total. The average Bonchev–Trinajstić information content (AvgIpc) is 3.75. The standard InChI is InChI=1S/C35H28O4/c1-2-6-29-23(5-1)9-18-31-30-7-3-4-8-32(30)35(34(29)31,24-10-14-26(15-11-24)37-21-28-22-38-28)25-12-16-27(17-13-25)39-33-19-20-36-33/h1-18,28,33H,19-22H2. The lowest BCUT2D eigenvalue weighted by molar-refractivity contribution is -0.165. The van der Waals surface area contributed by atoms with Crippen molar-refractivity contribution in [1.29, 1.82) is 0 Å². The average molecular weight is 513 g/mol. The zero-order valence-electron chi connectivity index (χ0n) is 21.5. The second-order valence-corrected chi connectivity index (χ2v) is 10.5. The predicted octanol–water partition coefficient (Wildman–Crippen LogP) is 7.11. The lowest BCUT2D eigenvalue weighted by atomic mass is 9.66. The number of rotatable bonds is 7. The third kappa shape index (κ3) is 3.67. The van der Waals surface area contributed by atoms with E-state index < -0.39 is 5.41 Å². The van der Waals surface area contributed by atoms with Gasteiger partial charge in [-0.3, -0.25) is 0 Å². The van der Waals surface area contributed by atoms with E-state index in [0.29, 0.717) is 6.61 Å². The molecule has 1 aliphatic carbocycles. The van der Waals surface area contributed by atoms with Crippen molar-refractivity contribution in [3.8, 4) is 22.6 Å². The quantitative estimate of drug-likeness (QED) is 0.214. The Balaban J connectivity index is 1.35. The second-order valence-electron chi connectivity index (χ2n) is 10.5. The fourth-order valence-electron chi connectivity index (χ4n) is 6.24. The van der Waals surface area contributed by atoms with E-state index in [-0.39, 0.29) is 12.4 Å². The molecule has 8 rings (SSSR count). The zero-order valence-corrected chi connectivity index (χ0v) is 21.5. The maximum atomic E-state index is 6.03. The molecular formula is C35H28O4. The minimum atomic E-state index is -0.504. The van der Waals surface area contributed by atoms with Crippen molar-refractivity contribution >= 4 is 10.8 Å². The van der Waals surface area contributed by atoms with Crippen molar-refractivity contribution in [3.63, 3.8) is 0 Å². The molecule has 0 spiro atoms. The van der Waals surface area contributed by atoms with Gasteiger partial charge >= 0.3 is 0 Å². The third-order valence-corrected chi connectivity index (χ3v) is 8.26. The molecule has 5 aromatic rings. The maximum Gasteiger partial charge on any atom is 0.202 e. The summed E-state index contributed by atoms with van der Waals surface area (Å²) in [4.78, 5) is 0. The van der Waals surface area contributed by atoms with Crippen molar-refractivity contribution in [2.45, 2.75) is 24.2 Å². The van der Waals surface area contributed by atoms with Crippen molar-refractivity contribution in [1.82, 2.24) is 0 Å². The molecule has 4 heteroatoms. The molecule has 0 N–H and O–H groups in total. The van der Waals surface area contributed by atoms with E-state index in [1.165, 1.54) is 44.2 Å². The topological polar surface area (TPSA) is 40.2 Å². The molecule has 0 aromatic heterocycles. The molecule has 5 aromatic carbocycles. The van der Waals surface area contributed by atoms with Gasteiger partial charge in [0.15, 0.2) is 0 Å². The summed E-state index contributed by atoms with van der Waals surface area (Å²) >= 11 is 0. The molecular weight excluding hydrogens is 484 g/mol. The molecule has 3 atom stereocenters. The minimum absolute atomic E-state index is 0.143. The van der Waals surface area contributed by atoms with Gasteiger partial charge in [0.2, 0.25) is 6.29 Å². The smallest absolute Gasteiger partial charge is 0.202 e. The largest absolute Gasteiger partial charge is 0.491 e. The van der Waals surface area contributed by atoms with E-state index in [1.807, 2.05) is 0 Å². The molecule has 2 saturated heterocycles. The van der Waals surface area contributed by atoms with Crippen LogP contribution in [-0.2, 0) is 14.9 Å². The number of benzene rings is 5. The van der Waals surface area contributed by atoms with Gasteiger partial charge in [0.1, 0.15) is 24.2 Å². The molecule has 39 heavy (non-hydrogen) atoms. The van der Waals surface area contributed by atoms with E-state index in [4.69, 9.17) is 18.9 Å². The summed E-state index contributed by atoms with van der Waals surface area (Å²) in [7, 11) is 0. The monoisotopic (exact) mass is 512 g/mol. The number of hydrogen-bond acceptors (Lipinski definition) is 4. The molecule has 0 bridgehead atoms. The van der Waals surface area contributed by atoms with Crippen molar-refractivity contribution in [3.05, 3.63) is 131 Å². The first-order valence-corrected chi connectivity index (χ1v) is 13.7. The van der Waals surface area contributed by atoms with Gasteiger partial charge in [-0.25, -0.2) is 0 Å². The molecule has 0 amide bonds. The van der Waals surface area contributed by atoms with Crippen molar-refractivity contribution in [2.24, 2.45) is 0 Å². The van der Waals surface area contributed by atoms with E-state index in [9.17, 15) is 0 Å². The fraction of sp³-hybridized carbons (Fsp3) is 0.200. The highest BCUT2D eigenvalue weighted by atomic mass is 16.7. The highest BCUT2D eigenvalue weighted by Crippen LogP contribution is 2.58. The Kier molecular flexibility index (Phi) is 5.25. The normalized spacial score (nSPS) is 22.6.